The summed E-state index contributed by atoms with van der Waals surface area (Å²) in [6.45, 7) is 5.87. The van der Waals surface area contributed by atoms with Gasteiger partial charge in [0.1, 0.15) is 19.0 Å². The molecule has 41 heavy (non-hydrogen) atoms. The Morgan fingerprint density at radius 3 is 1.61 bits per heavy atom. The van der Waals surface area contributed by atoms with Gasteiger partial charge in [-0.2, -0.15) is 15.3 Å². The van der Waals surface area contributed by atoms with E-state index in [4.69, 9.17) is 5.11 Å². The number of allylic oxidation sites excluding steroid dienone is 7. The van der Waals surface area contributed by atoms with E-state index < -0.39 is 5.97 Å². The van der Waals surface area contributed by atoms with Gasteiger partial charge in [-0.15, -0.1) is 0 Å². The van der Waals surface area contributed by atoms with E-state index in [1.54, 1.807) is 21.9 Å². The minimum Gasteiger partial charge on any atom is -0.478 e. The first kappa shape index (κ1) is 29.3. The zero-order chi connectivity index (χ0) is 29.5. The van der Waals surface area contributed by atoms with E-state index >= 15 is 0 Å². The molecule has 0 spiro atoms. The van der Waals surface area contributed by atoms with Crippen molar-refractivity contribution >= 4 is 63.2 Å². The van der Waals surface area contributed by atoms with Gasteiger partial charge in [0.05, 0.1) is 18.3 Å². The van der Waals surface area contributed by atoms with Crippen LogP contribution in [0.25, 0.3) is 35.3 Å². The number of carbonyl (C=O) groups is 2. The van der Waals surface area contributed by atoms with Crippen molar-refractivity contribution in [2.75, 3.05) is 7.11 Å². The summed E-state index contributed by atoms with van der Waals surface area (Å²) in [5.41, 5.74) is 3.99. The smallest absolute Gasteiger partial charge is 0.335 e. The summed E-state index contributed by atoms with van der Waals surface area (Å²) in [5, 5.41) is 20.9. The van der Waals surface area contributed by atoms with Crippen molar-refractivity contribution in [2.45, 2.75) is 40.0 Å². The SMILES string of the molecule is CC1=CCC(Br)=Cn2ncnc21.CC1=CCC(C(=O)O)=Cn2ncnc21.COC(=O)C1=Cn2ncnc2C(C)=CC1. The fraction of sp³-hybridized carbons (Fsp3) is 0.259. The van der Waals surface area contributed by atoms with Crippen LogP contribution < -0.4 is 0 Å². The molecule has 0 amide bonds. The van der Waals surface area contributed by atoms with Crippen LogP contribution in [0.5, 0.6) is 0 Å². The predicted octanol–water partition coefficient (Wildman–Crippen LogP) is 4.39. The molecule has 6 rings (SSSR count). The van der Waals surface area contributed by atoms with Gasteiger partial charge in [0.2, 0.25) is 0 Å². The average Bonchev–Trinajstić information content (AvgIpc) is 3.68. The topological polar surface area (TPSA) is 156 Å². The van der Waals surface area contributed by atoms with Crippen molar-refractivity contribution in [2.24, 2.45) is 0 Å². The first-order valence-corrected chi connectivity index (χ1v) is 13.3. The molecule has 0 fully saturated rings. The number of carboxylic acid groups (broad SMARTS) is 1. The van der Waals surface area contributed by atoms with Gasteiger partial charge < -0.3 is 9.84 Å². The highest BCUT2D eigenvalue weighted by atomic mass is 79.9. The van der Waals surface area contributed by atoms with Crippen LogP contribution in [0.2, 0.25) is 0 Å². The molecule has 13 nitrogen and oxygen atoms in total. The zero-order valence-electron chi connectivity index (χ0n) is 22.9. The first-order chi connectivity index (χ1) is 19.7. The fourth-order valence-electron chi connectivity index (χ4n) is 3.93. The lowest BCUT2D eigenvalue weighted by Crippen LogP contribution is -2.05. The Hall–Kier alpha value is -4.72. The van der Waals surface area contributed by atoms with Gasteiger partial charge in [-0.3, -0.25) is 0 Å². The Bertz CT molecular complexity index is 1650. The van der Waals surface area contributed by atoms with E-state index in [-0.39, 0.29) is 5.97 Å². The highest BCUT2D eigenvalue weighted by Gasteiger charge is 2.16. The second kappa shape index (κ2) is 13.1. The first-order valence-electron chi connectivity index (χ1n) is 12.5. The van der Waals surface area contributed by atoms with Crippen LogP contribution in [0.1, 0.15) is 57.5 Å². The third-order valence-electron chi connectivity index (χ3n) is 6.18. The van der Waals surface area contributed by atoms with E-state index in [9.17, 15) is 9.59 Å². The molecule has 0 saturated carbocycles. The molecule has 0 atom stereocenters. The molecule has 3 aliphatic rings. The third kappa shape index (κ3) is 7.08. The second-order valence-corrected chi connectivity index (χ2v) is 10.1. The van der Waals surface area contributed by atoms with Gasteiger partial charge in [0.25, 0.3) is 0 Å². The summed E-state index contributed by atoms with van der Waals surface area (Å²) in [6.07, 6.45) is 17.3. The molecule has 0 saturated heterocycles. The van der Waals surface area contributed by atoms with Crippen molar-refractivity contribution in [3.05, 3.63) is 70.3 Å². The molecule has 0 bridgehead atoms. The van der Waals surface area contributed by atoms with Crippen LogP contribution in [0.3, 0.4) is 0 Å². The highest BCUT2D eigenvalue weighted by Crippen LogP contribution is 2.23. The number of carboxylic acids is 1. The van der Waals surface area contributed by atoms with E-state index in [1.165, 1.54) is 36.2 Å². The number of esters is 1. The normalized spacial score (nSPS) is 15.3. The molecule has 1 N–H and O–H groups in total. The van der Waals surface area contributed by atoms with Gasteiger partial charge in [0.15, 0.2) is 17.5 Å². The largest absolute Gasteiger partial charge is 0.478 e. The number of fused-ring (bicyclic) bond motifs is 3. The molecular formula is C27H28BrN9O4. The van der Waals surface area contributed by atoms with E-state index in [1.807, 2.05) is 39.1 Å². The number of rotatable bonds is 2. The summed E-state index contributed by atoms with van der Waals surface area (Å²) in [5.74, 6) is 1.12. The van der Waals surface area contributed by atoms with Crippen LogP contribution >= 0.6 is 15.9 Å². The van der Waals surface area contributed by atoms with Crippen LogP contribution in [-0.2, 0) is 14.3 Å². The summed E-state index contributed by atoms with van der Waals surface area (Å²) < 4.78 is 10.6. The molecule has 212 valence electrons. The molecule has 0 aromatic carbocycles. The number of halogens is 1. The van der Waals surface area contributed by atoms with Crippen molar-refractivity contribution in [1.82, 2.24) is 44.3 Å². The summed E-state index contributed by atoms with van der Waals surface area (Å²) in [4.78, 5) is 34.5. The van der Waals surface area contributed by atoms with Crippen molar-refractivity contribution in [1.29, 1.82) is 0 Å². The second-order valence-electron chi connectivity index (χ2n) is 9.04. The molecule has 3 aromatic rings. The molecule has 0 radical (unpaired) electrons. The molecule has 14 heteroatoms. The standard InChI is InChI=1S/C10H11N3O2.C9H9N3O2.C8H8BrN3/c1-7-3-4-8(10(14)15-2)5-13-9(7)11-6-12-13;1-6-2-3-7(9(13)14)4-12-8(6)10-5-11-12;1-6-2-3-7(9)4-12-8(6)10-5-11-12/h3,5-6H,4H2,1-2H3;2,4-5H,3H2,1H3,(H,13,14);2,4-5H,3H2,1H3. The molecule has 3 aliphatic heterocycles. The van der Waals surface area contributed by atoms with Gasteiger partial charge in [-0.25, -0.2) is 38.6 Å². The number of nitrogens with zero attached hydrogens (tertiary/aromatic N) is 9. The quantitative estimate of drug-likeness (QED) is 0.407. The van der Waals surface area contributed by atoms with E-state index in [2.05, 4.69) is 57.0 Å². The van der Waals surface area contributed by atoms with Crippen molar-refractivity contribution < 1.29 is 19.4 Å². The summed E-state index contributed by atoms with van der Waals surface area (Å²) in [6, 6.07) is 0. The third-order valence-corrected chi connectivity index (χ3v) is 6.71. The Labute approximate surface area is 244 Å². The number of aliphatic carboxylic acids is 1. The van der Waals surface area contributed by atoms with Gasteiger partial charge in [-0.05, 0) is 56.8 Å². The van der Waals surface area contributed by atoms with Crippen LogP contribution in [-0.4, -0.2) is 68.4 Å². The lowest BCUT2D eigenvalue weighted by molar-refractivity contribution is -0.136. The van der Waals surface area contributed by atoms with Crippen LogP contribution in [0.4, 0.5) is 0 Å². The molecule has 6 heterocycles. The molecule has 0 aliphatic carbocycles. The lowest BCUT2D eigenvalue weighted by atomic mass is 10.1. The van der Waals surface area contributed by atoms with Gasteiger partial charge in [-0.1, -0.05) is 34.2 Å². The molecule has 0 unspecified atom stereocenters. The fourth-order valence-corrected chi connectivity index (χ4v) is 4.28. The van der Waals surface area contributed by atoms with Gasteiger partial charge in [0, 0.05) is 23.1 Å². The van der Waals surface area contributed by atoms with E-state index in [0.29, 0.717) is 29.8 Å². The Morgan fingerprint density at radius 2 is 1.15 bits per heavy atom. The van der Waals surface area contributed by atoms with Gasteiger partial charge >= 0.3 is 11.9 Å². The van der Waals surface area contributed by atoms with Crippen molar-refractivity contribution in [3.63, 3.8) is 0 Å². The Kier molecular flexibility index (Phi) is 9.34. The monoisotopic (exact) mass is 621 g/mol. The summed E-state index contributed by atoms with van der Waals surface area (Å²) in [7, 11) is 1.37. The minimum absolute atomic E-state index is 0.314. The Morgan fingerprint density at radius 1 is 0.732 bits per heavy atom. The zero-order valence-corrected chi connectivity index (χ0v) is 24.5. The van der Waals surface area contributed by atoms with E-state index in [0.717, 1.165) is 33.7 Å². The number of aromatic nitrogens is 9. The molecular weight excluding hydrogens is 594 g/mol. The average molecular weight is 622 g/mol. The predicted molar refractivity (Wildman–Crippen MR) is 156 cm³/mol. The van der Waals surface area contributed by atoms with Crippen molar-refractivity contribution in [3.8, 4) is 0 Å². The summed E-state index contributed by atoms with van der Waals surface area (Å²) >= 11 is 3.45. The maximum absolute atomic E-state index is 11.4. The number of hydrogen-bond acceptors (Lipinski definition) is 9. The minimum atomic E-state index is -0.919. The maximum Gasteiger partial charge on any atom is 0.335 e. The maximum atomic E-state index is 11.4. The Balaban J connectivity index is 0.000000142. The lowest BCUT2D eigenvalue weighted by Gasteiger charge is -2.00. The van der Waals surface area contributed by atoms with Crippen LogP contribution in [0.15, 0.2) is 52.8 Å². The molecule has 3 aromatic heterocycles. The van der Waals surface area contributed by atoms with Crippen LogP contribution in [0, 0.1) is 0 Å². The highest BCUT2D eigenvalue weighted by molar-refractivity contribution is 9.11. The number of carbonyl (C=O) groups excluding carboxylic acids is 1. The number of methoxy groups -OCH3 is 1. The number of ether oxygens (including phenoxy) is 1. The number of hydrogen-bond donors (Lipinski definition) is 1.